The summed E-state index contributed by atoms with van der Waals surface area (Å²) in [6, 6.07) is 4.85. The van der Waals surface area contributed by atoms with E-state index in [1.165, 1.54) is 19.2 Å². The predicted molar refractivity (Wildman–Crippen MR) is 69.0 cm³/mol. The van der Waals surface area contributed by atoms with E-state index in [-0.39, 0.29) is 12.3 Å². The van der Waals surface area contributed by atoms with Crippen LogP contribution in [-0.2, 0) is 4.74 Å². The highest BCUT2D eigenvalue weighted by Crippen LogP contribution is 2.23. The number of anilines is 1. The zero-order valence-corrected chi connectivity index (χ0v) is 10.8. The fourth-order valence-corrected chi connectivity index (χ4v) is 1.74. The zero-order chi connectivity index (χ0) is 13.7. The number of nitro benzene ring substituents is 1. The molecule has 1 N–H and O–H groups in total. The molecule has 0 heterocycles. The van der Waals surface area contributed by atoms with Crippen LogP contribution in [0.4, 0.5) is 11.4 Å². The Balaban J connectivity index is 2.85. The molecule has 0 saturated carbocycles. The third-order valence-corrected chi connectivity index (χ3v) is 2.54. The Hall–Kier alpha value is -1.66. The molecule has 0 radical (unpaired) electrons. The number of non-ortho nitro benzene ring substituents is 1. The van der Waals surface area contributed by atoms with Gasteiger partial charge in [0, 0.05) is 38.5 Å². The minimum absolute atomic E-state index is 0.0538. The van der Waals surface area contributed by atoms with Crippen molar-refractivity contribution >= 4 is 11.4 Å². The molecular formula is C12H18N2O4. The summed E-state index contributed by atoms with van der Waals surface area (Å²) in [6.45, 7) is 2.39. The monoisotopic (exact) mass is 254 g/mol. The number of hydrogen-bond donors (Lipinski definition) is 1. The third-order valence-electron chi connectivity index (χ3n) is 2.54. The van der Waals surface area contributed by atoms with Crippen LogP contribution in [0, 0.1) is 17.0 Å². The first-order chi connectivity index (χ1) is 8.43. The summed E-state index contributed by atoms with van der Waals surface area (Å²) in [6.07, 6.45) is -0.625. The Kier molecular flexibility index (Phi) is 5.06. The lowest BCUT2D eigenvalue weighted by atomic mass is 10.2. The van der Waals surface area contributed by atoms with Crippen LogP contribution in [0.25, 0.3) is 0 Å². The van der Waals surface area contributed by atoms with Gasteiger partial charge in [-0.05, 0) is 18.6 Å². The Morgan fingerprint density at radius 2 is 2.17 bits per heavy atom. The summed E-state index contributed by atoms with van der Waals surface area (Å²) in [7, 11) is 3.29. The summed E-state index contributed by atoms with van der Waals surface area (Å²) in [5.41, 5.74) is 1.57. The van der Waals surface area contributed by atoms with Crippen molar-refractivity contribution < 1.29 is 14.8 Å². The standard InChI is InChI=1S/C12H18N2O4/c1-9-4-10(6-11(5-9)14(16)17)13(2)7-12(15)8-18-3/h4-6,12,15H,7-8H2,1-3H3. The van der Waals surface area contributed by atoms with Crippen molar-refractivity contribution in [3.63, 3.8) is 0 Å². The van der Waals surface area contributed by atoms with Crippen LogP contribution in [0.5, 0.6) is 0 Å². The summed E-state index contributed by atoms with van der Waals surface area (Å²) in [5.74, 6) is 0. The van der Waals surface area contributed by atoms with E-state index >= 15 is 0 Å². The Morgan fingerprint density at radius 1 is 1.50 bits per heavy atom. The normalized spacial score (nSPS) is 12.2. The summed E-state index contributed by atoms with van der Waals surface area (Å²) >= 11 is 0. The molecule has 0 spiro atoms. The Labute approximate surface area is 106 Å². The molecule has 0 amide bonds. The van der Waals surface area contributed by atoms with Crippen molar-refractivity contribution in [2.45, 2.75) is 13.0 Å². The molecule has 0 fully saturated rings. The smallest absolute Gasteiger partial charge is 0.271 e. The first-order valence-electron chi connectivity index (χ1n) is 5.58. The highest BCUT2D eigenvalue weighted by Gasteiger charge is 2.13. The molecule has 100 valence electrons. The van der Waals surface area contributed by atoms with Gasteiger partial charge in [-0.3, -0.25) is 10.1 Å². The van der Waals surface area contributed by atoms with Crippen molar-refractivity contribution in [1.82, 2.24) is 0 Å². The van der Waals surface area contributed by atoms with E-state index in [1.54, 1.807) is 18.9 Å². The van der Waals surface area contributed by atoms with Crippen molar-refractivity contribution in [3.05, 3.63) is 33.9 Å². The van der Waals surface area contributed by atoms with Gasteiger partial charge < -0.3 is 14.7 Å². The lowest BCUT2D eigenvalue weighted by Gasteiger charge is -2.22. The van der Waals surface area contributed by atoms with Crippen LogP contribution in [0.2, 0.25) is 0 Å². The molecule has 0 saturated heterocycles. The zero-order valence-electron chi connectivity index (χ0n) is 10.8. The van der Waals surface area contributed by atoms with Crippen molar-refractivity contribution in [2.24, 2.45) is 0 Å². The summed E-state index contributed by atoms with van der Waals surface area (Å²) in [5, 5.41) is 20.4. The van der Waals surface area contributed by atoms with E-state index in [4.69, 9.17) is 4.74 Å². The lowest BCUT2D eigenvalue weighted by molar-refractivity contribution is -0.384. The van der Waals surface area contributed by atoms with Crippen LogP contribution >= 0.6 is 0 Å². The van der Waals surface area contributed by atoms with Crippen LogP contribution < -0.4 is 4.90 Å². The molecule has 0 aromatic heterocycles. The van der Waals surface area contributed by atoms with Crippen molar-refractivity contribution in [1.29, 1.82) is 0 Å². The number of methoxy groups -OCH3 is 1. The largest absolute Gasteiger partial charge is 0.389 e. The second kappa shape index (κ2) is 6.32. The average molecular weight is 254 g/mol. The van der Waals surface area contributed by atoms with Gasteiger partial charge in [-0.25, -0.2) is 0 Å². The molecule has 0 aliphatic carbocycles. The number of nitro groups is 1. The average Bonchev–Trinajstić information content (AvgIpc) is 2.28. The molecule has 18 heavy (non-hydrogen) atoms. The van der Waals surface area contributed by atoms with E-state index < -0.39 is 11.0 Å². The number of nitrogens with zero attached hydrogens (tertiary/aromatic N) is 2. The fourth-order valence-electron chi connectivity index (χ4n) is 1.74. The molecule has 1 rings (SSSR count). The quantitative estimate of drug-likeness (QED) is 0.612. The van der Waals surface area contributed by atoms with Gasteiger partial charge in [0.25, 0.3) is 5.69 Å². The van der Waals surface area contributed by atoms with Crippen LogP contribution in [-0.4, -0.2) is 43.4 Å². The first-order valence-corrected chi connectivity index (χ1v) is 5.58. The van der Waals surface area contributed by atoms with Crippen LogP contribution in [0.3, 0.4) is 0 Å². The first kappa shape index (κ1) is 14.4. The van der Waals surface area contributed by atoms with E-state index in [0.29, 0.717) is 12.2 Å². The van der Waals surface area contributed by atoms with E-state index in [9.17, 15) is 15.2 Å². The molecule has 1 aromatic rings. The maximum absolute atomic E-state index is 10.8. The van der Waals surface area contributed by atoms with Gasteiger partial charge in [0.1, 0.15) is 0 Å². The number of aliphatic hydroxyl groups excluding tert-OH is 1. The van der Waals surface area contributed by atoms with Gasteiger partial charge in [0.15, 0.2) is 0 Å². The van der Waals surface area contributed by atoms with Crippen molar-refractivity contribution in [3.8, 4) is 0 Å². The minimum atomic E-state index is -0.625. The van der Waals surface area contributed by atoms with Crippen LogP contribution in [0.15, 0.2) is 18.2 Å². The molecule has 0 bridgehead atoms. The summed E-state index contributed by atoms with van der Waals surface area (Å²) in [4.78, 5) is 12.1. The molecule has 1 unspecified atom stereocenters. The lowest BCUT2D eigenvalue weighted by Crippen LogP contribution is -2.31. The second-order valence-corrected chi connectivity index (χ2v) is 4.27. The summed E-state index contributed by atoms with van der Waals surface area (Å²) < 4.78 is 4.84. The van der Waals surface area contributed by atoms with Gasteiger partial charge in [-0.2, -0.15) is 0 Å². The number of aryl methyl sites for hydroxylation is 1. The fraction of sp³-hybridized carbons (Fsp3) is 0.500. The predicted octanol–water partition coefficient (Wildman–Crippen LogP) is 1.35. The number of benzene rings is 1. The number of aliphatic hydroxyl groups is 1. The molecule has 1 atom stereocenters. The molecule has 1 aromatic carbocycles. The number of ether oxygens (including phenoxy) is 1. The Morgan fingerprint density at radius 3 is 2.72 bits per heavy atom. The Bertz CT molecular complexity index is 423. The minimum Gasteiger partial charge on any atom is -0.389 e. The SMILES string of the molecule is COCC(O)CN(C)c1cc(C)cc([N+](=O)[O-])c1. The maximum atomic E-state index is 10.8. The highest BCUT2D eigenvalue weighted by molar-refractivity contribution is 5.55. The van der Waals surface area contributed by atoms with Gasteiger partial charge >= 0.3 is 0 Å². The second-order valence-electron chi connectivity index (χ2n) is 4.27. The highest BCUT2D eigenvalue weighted by atomic mass is 16.6. The molecule has 6 heteroatoms. The van der Waals surface area contributed by atoms with Gasteiger partial charge in [-0.1, -0.05) is 0 Å². The number of likely N-dealkylation sites (N-methyl/N-ethyl adjacent to an activating group) is 1. The van der Waals surface area contributed by atoms with E-state index in [2.05, 4.69) is 0 Å². The van der Waals surface area contributed by atoms with Gasteiger partial charge in [0.2, 0.25) is 0 Å². The van der Waals surface area contributed by atoms with Gasteiger partial charge in [0.05, 0.1) is 17.6 Å². The van der Waals surface area contributed by atoms with E-state index in [1.807, 2.05) is 6.07 Å². The van der Waals surface area contributed by atoms with Crippen molar-refractivity contribution in [2.75, 3.05) is 32.2 Å². The molecule has 0 aliphatic heterocycles. The topological polar surface area (TPSA) is 75.8 Å². The maximum Gasteiger partial charge on any atom is 0.271 e. The van der Waals surface area contributed by atoms with E-state index in [0.717, 1.165) is 5.56 Å². The number of rotatable bonds is 6. The molecule has 6 nitrogen and oxygen atoms in total. The third kappa shape index (κ3) is 3.97. The van der Waals surface area contributed by atoms with Crippen LogP contribution in [0.1, 0.15) is 5.56 Å². The molecule has 0 aliphatic rings. The molecular weight excluding hydrogens is 236 g/mol. The number of hydrogen-bond acceptors (Lipinski definition) is 5. The van der Waals surface area contributed by atoms with Gasteiger partial charge in [-0.15, -0.1) is 0 Å².